The maximum Gasteiger partial charge on any atom is 0.306 e. The highest BCUT2D eigenvalue weighted by molar-refractivity contribution is 5.77. The molecule has 46 heavy (non-hydrogen) atoms. The zero-order valence-corrected chi connectivity index (χ0v) is 30.3. The Morgan fingerprint density at radius 3 is 2.15 bits per heavy atom. The zero-order chi connectivity index (χ0) is 33.3. The van der Waals surface area contributed by atoms with E-state index in [0.717, 1.165) is 32.1 Å². The molecule has 6 aliphatic carbocycles. The summed E-state index contributed by atoms with van der Waals surface area (Å²) in [6, 6.07) is 0.412. The Balaban J connectivity index is 1.17. The Bertz CT molecular complexity index is 1200. The lowest BCUT2D eigenvalue weighted by molar-refractivity contribution is -0.248. The minimum atomic E-state index is -0.873. The summed E-state index contributed by atoms with van der Waals surface area (Å²) in [5, 5.41) is 12.8. The Labute approximate surface area is 279 Å². The van der Waals surface area contributed by atoms with Crippen molar-refractivity contribution in [3.8, 4) is 0 Å². The molecule has 0 aliphatic heterocycles. The molecular weight excluding hydrogens is 574 g/mol. The van der Waals surface area contributed by atoms with Crippen LogP contribution in [-0.2, 0) is 19.1 Å². The second-order valence-corrected chi connectivity index (χ2v) is 19.5. The van der Waals surface area contributed by atoms with Gasteiger partial charge in [-0.3, -0.25) is 14.4 Å². The van der Waals surface area contributed by atoms with E-state index in [0.29, 0.717) is 41.0 Å². The molecule has 6 nitrogen and oxygen atoms in total. The summed E-state index contributed by atoms with van der Waals surface area (Å²) in [7, 11) is 0. The van der Waals surface area contributed by atoms with E-state index in [-0.39, 0.29) is 46.6 Å². The first kappa shape index (κ1) is 34.3. The molecule has 6 fully saturated rings. The molecule has 1 amide bonds. The van der Waals surface area contributed by atoms with E-state index >= 15 is 0 Å². The highest BCUT2D eigenvalue weighted by Crippen LogP contribution is 2.77. The second kappa shape index (κ2) is 11.8. The molecule has 2 unspecified atom stereocenters. The Morgan fingerprint density at radius 2 is 1.46 bits per heavy atom. The highest BCUT2D eigenvalue weighted by Gasteiger charge is 2.70. The number of esters is 1. The van der Waals surface area contributed by atoms with Crippen LogP contribution < -0.4 is 5.32 Å². The molecule has 6 aliphatic rings. The first-order valence-corrected chi connectivity index (χ1v) is 19.2. The van der Waals surface area contributed by atoms with Gasteiger partial charge in [0.2, 0.25) is 5.91 Å². The molecule has 260 valence electrons. The first-order valence-electron chi connectivity index (χ1n) is 19.2. The number of carboxylic acids is 1. The number of aliphatic carboxylic acids is 1. The van der Waals surface area contributed by atoms with Gasteiger partial charge in [0, 0.05) is 17.9 Å². The quantitative estimate of drug-likeness (QED) is 0.259. The van der Waals surface area contributed by atoms with Gasteiger partial charge in [-0.25, -0.2) is 0 Å². The predicted molar refractivity (Wildman–Crippen MR) is 181 cm³/mol. The zero-order valence-electron chi connectivity index (χ0n) is 30.3. The van der Waals surface area contributed by atoms with Crippen molar-refractivity contribution in [2.45, 2.75) is 176 Å². The van der Waals surface area contributed by atoms with Crippen molar-refractivity contribution in [2.24, 2.45) is 56.2 Å². The molecular formula is C40H65NO5. The molecule has 0 aromatic carbocycles. The number of hydrogen-bond acceptors (Lipinski definition) is 4. The van der Waals surface area contributed by atoms with Crippen LogP contribution in [0.2, 0.25) is 0 Å². The van der Waals surface area contributed by atoms with Crippen molar-refractivity contribution >= 4 is 17.8 Å². The molecule has 0 aromatic heterocycles. The van der Waals surface area contributed by atoms with Crippen LogP contribution in [0.5, 0.6) is 0 Å². The average Bonchev–Trinajstić information content (AvgIpc) is 3.60. The van der Waals surface area contributed by atoms with Crippen molar-refractivity contribution in [1.82, 2.24) is 5.32 Å². The summed E-state index contributed by atoms with van der Waals surface area (Å²) in [5.74, 6) is 1.75. The van der Waals surface area contributed by atoms with Gasteiger partial charge >= 0.3 is 11.9 Å². The summed E-state index contributed by atoms with van der Waals surface area (Å²) in [6.45, 7) is 16.3. The fourth-order valence-corrected chi connectivity index (χ4v) is 13.9. The SMILES string of the molecule is CC(C)(CC(=O)O)CC(=O)O[C@H]1CC[C@@]2(C)C(CC[C@]3(C)C2CC[C@@H]2[C@H]4CCC[C@]4(CC(=O)NC4CCCC4)CC[C@]23C)C1(C)C. The molecule has 6 rings (SSSR count). The molecule has 0 aromatic rings. The normalized spacial score (nSPS) is 43.5. The fourth-order valence-electron chi connectivity index (χ4n) is 13.9. The number of hydrogen-bond donors (Lipinski definition) is 2. The molecule has 0 heterocycles. The lowest BCUT2D eigenvalue weighted by Crippen LogP contribution is -2.66. The lowest BCUT2D eigenvalue weighted by Gasteiger charge is -2.72. The standard InChI is InChI=1S/C40H65NO5/c1-35(2,24-33(43)44)25-34(45)46-31-17-19-37(5)29(36(31,3)4)16-20-39(7)30(37)15-14-27-28-13-10-18-40(28,22-21-38(27,39)6)23-32(42)41-26-11-8-9-12-26/h26-31H,8-25H2,1-7H3,(H,41,42)(H,43,44)/t27-,28-,29?,30?,31+,37+,38-,39-,40-/m1/s1. The van der Waals surface area contributed by atoms with E-state index in [1.807, 2.05) is 13.8 Å². The van der Waals surface area contributed by atoms with Crippen LogP contribution in [0.25, 0.3) is 0 Å². The third-order valence-corrected chi connectivity index (χ3v) is 16.2. The second-order valence-electron chi connectivity index (χ2n) is 19.5. The van der Waals surface area contributed by atoms with Crippen LogP contribution in [0.1, 0.15) is 164 Å². The van der Waals surface area contributed by atoms with E-state index in [4.69, 9.17) is 4.74 Å². The topological polar surface area (TPSA) is 92.7 Å². The minimum absolute atomic E-state index is 0.0352. The summed E-state index contributed by atoms with van der Waals surface area (Å²) in [5.41, 5.74) is 0.254. The van der Waals surface area contributed by atoms with Gasteiger partial charge < -0.3 is 15.2 Å². The molecule has 0 spiro atoms. The summed E-state index contributed by atoms with van der Waals surface area (Å²) >= 11 is 0. The number of fused-ring (bicyclic) bond motifs is 7. The number of carboxylic acid groups (broad SMARTS) is 1. The Kier molecular flexibility index (Phi) is 8.78. The first-order chi connectivity index (χ1) is 21.5. The Hall–Kier alpha value is -1.59. The van der Waals surface area contributed by atoms with Gasteiger partial charge in [0.15, 0.2) is 0 Å². The minimum Gasteiger partial charge on any atom is -0.481 e. The van der Waals surface area contributed by atoms with Gasteiger partial charge in [0.1, 0.15) is 6.10 Å². The molecule has 0 bridgehead atoms. The highest BCUT2D eigenvalue weighted by atomic mass is 16.5. The van der Waals surface area contributed by atoms with E-state index in [1.54, 1.807) is 0 Å². The predicted octanol–water partition coefficient (Wildman–Crippen LogP) is 9.09. The lowest BCUT2D eigenvalue weighted by atomic mass is 9.32. The van der Waals surface area contributed by atoms with Crippen LogP contribution in [0.3, 0.4) is 0 Å². The van der Waals surface area contributed by atoms with Gasteiger partial charge in [0.25, 0.3) is 0 Å². The van der Waals surface area contributed by atoms with Crippen molar-refractivity contribution in [3.05, 3.63) is 0 Å². The van der Waals surface area contributed by atoms with Crippen molar-refractivity contribution in [3.63, 3.8) is 0 Å². The average molecular weight is 640 g/mol. The molecule has 6 saturated carbocycles. The number of nitrogens with one attached hydrogen (secondary N) is 1. The van der Waals surface area contributed by atoms with E-state index < -0.39 is 11.4 Å². The third-order valence-electron chi connectivity index (χ3n) is 16.2. The summed E-state index contributed by atoms with van der Waals surface area (Å²) in [6.07, 6.45) is 18.9. The monoisotopic (exact) mass is 639 g/mol. The van der Waals surface area contributed by atoms with Crippen molar-refractivity contribution in [2.75, 3.05) is 0 Å². The third kappa shape index (κ3) is 5.56. The number of carbonyl (C=O) groups excluding carboxylic acids is 2. The van der Waals surface area contributed by atoms with E-state index in [2.05, 4.69) is 39.9 Å². The van der Waals surface area contributed by atoms with Crippen molar-refractivity contribution < 1.29 is 24.2 Å². The number of ether oxygens (including phenoxy) is 1. The maximum atomic E-state index is 13.4. The molecule has 9 atom stereocenters. The maximum absolute atomic E-state index is 13.4. The summed E-state index contributed by atoms with van der Waals surface area (Å²) < 4.78 is 6.25. The van der Waals surface area contributed by atoms with Gasteiger partial charge in [0.05, 0.1) is 12.8 Å². The van der Waals surface area contributed by atoms with Gasteiger partial charge in [-0.15, -0.1) is 0 Å². The molecule has 2 N–H and O–H groups in total. The van der Waals surface area contributed by atoms with Gasteiger partial charge in [-0.05, 0) is 128 Å². The molecule has 0 saturated heterocycles. The van der Waals surface area contributed by atoms with Crippen LogP contribution >= 0.6 is 0 Å². The largest absolute Gasteiger partial charge is 0.481 e. The van der Waals surface area contributed by atoms with Crippen LogP contribution in [0.15, 0.2) is 0 Å². The molecule has 6 heteroatoms. The fraction of sp³-hybridized carbons (Fsp3) is 0.925. The van der Waals surface area contributed by atoms with E-state index in [1.165, 1.54) is 70.6 Å². The summed E-state index contributed by atoms with van der Waals surface area (Å²) in [4.78, 5) is 37.9. The van der Waals surface area contributed by atoms with Crippen LogP contribution in [0, 0.1) is 56.2 Å². The number of carbonyl (C=O) groups is 3. The number of amides is 1. The molecule has 0 radical (unpaired) electrons. The number of rotatable bonds is 8. The van der Waals surface area contributed by atoms with Gasteiger partial charge in [-0.1, -0.05) is 67.7 Å². The van der Waals surface area contributed by atoms with Crippen LogP contribution in [0.4, 0.5) is 0 Å². The Morgan fingerprint density at radius 1 is 0.739 bits per heavy atom. The smallest absolute Gasteiger partial charge is 0.306 e. The van der Waals surface area contributed by atoms with Gasteiger partial charge in [-0.2, -0.15) is 0 Å². The van der Waals surface area contributed by atoms with Crippen molar-refractivity contribution in [1.29, 1.82) is 0 Å². The van der Waals surface area contributed by atoms with E-state index in [9.17, 15) is 19.5 Å². The van der Waals surface area contributed by atoms with Crippen LogP contribution in [-0.4, -0.2) is 35.1 Å².